The summed E-state index contributed by atoms with van der Waals surface area (Å²) in [7, 11) is -11.6. The molecule has 0 aliphatic carbocycles. The first-order chi connectivity index (χ1) is 7.21. The molecule has 0 saturated heterocycles. The Hall–Kier alpha value is 1.22. The van der Waals surface area contributed by atoms with Crippen molar-refractivity contribution in [3.63, 3.8) is 0 Å². The first-order valence-electron chi connectivity index (χ1n) is 4.81. The molecule has 8 nitrogen and oxygen atoms in total. The Labute approximate surface area is 113 Å². The fourth-order valence-corrected chi connectivity index (χ4v) is 2.92. The van der Waals surface area contributed by atoms with Crippen LogP contribution in [0.3, 0.4) is 0 Å². The van der Waals surface area contributed by atoms with Gasteiger partial charge in [-0.05, 0) is 6.42 Å². The Morgan fingerprint density at radius 2 is 1.73 bits per heavy atom. The van der Waals surface area contributed by atoms with Gasteiger partial charge in [0.25, 0.3) is 0 Å². The molecule has 0 heterocycles. The summed E-state index contributed by atoms with van der Waals surface area (Å²) in [5, 5.41) is 5.48. The number of aliphatic hydroxyl groups is 1. The first-order valence-corrected chi connectivity index (χ1v) is 6.63. The van der Waals surface area contributed by atoms with Crippen LogP contribution in [0.2, 0.25) is 4.24 Å². The molecule has 0 saturated carbocycles. The van der Waals surface area contributed by atoms with Crippen LogP contribution in [0.4, 0.5) is 0 Å². The van der Waals surface area contributed by atoms with E-state index in [0.29, 0.717) is 0 Å². The normalized spacial score (nSPS) is 26.9. The molecule has 2 atom stereocenters. The molecule has 0 radical (unpaired) electrons. The molecule has 11 heteroatoms. The molecule has 15 heavy (non-hydrogen) atoms. The van der Waals surface area contributed by atoms with Crippen molar-refractivity contribution in [3.05, 3.63) is 0 Å². The Morgan fingerprint density at radius 1 is 1.33 bits per heavy atom. The Kier molecular flexibility index (Phi) is 5.27. The van der Waals surface area contributed by atoms with Gasteiger partial charge in [0.15, 0.2) is 20.3 Å². The summed E-state index contributed by atoms with van der Waals surface area (Å²) in [6.07, 6.45) is -1.70. The van der Waals surface area contributed by atoms with Crippen LogP contribution < -0.4 is 45.1 Å². The zero-order valence-corrected chi connectivity index (χ0v) is 11.7. The van der Waals surface area contributed by atoms with Crippen molar-refractivity contribution < 1.29 is 73.3 Å². The SMILES string of the molecule is [2H][N+]([2H])([2H])CCCC(O)(P(=O)([O-])O)P(=O)([O-])O.[Na+]. The third-order valence-electron chi connectivity index (χ3n) is 1.58. The molecule has 2 unspecified atom stereocenters. The molecule has 86 valence electrons. The Bertz CT molecular complexity index is 342. The average Bonchev–Trinajstić information content (AvgIpc) is 1.96. The summed E-state index contributed by atoms with van der Waals surface area (Å²) < 4.78 is 41.6. The summed E-state index contributed by atoms with van der Waals surface area (Å²) >= 11 is 0. The van der Waals surface area contributed by atoms with Crippen molar-refractivity contribution >= 4 is 15.2 Å². The zero-order chi connectivity index (χ0) is 14.1. The topological polar surface area (TPSA) is 169 Å². The van der Waals surface area contributed by atoms with E-state index in [4.69, 9.17) is 14.0 Å². The molecule has 0 aromatic rings. The zero-order valence-electron chi connectivity index (χ0n) is 10.9. The average molecular weight is 274 g/mol. The van der Waals surface area contributed by atoms with E-state index >= 15 is 0 Å². The third kappa shape index (κ3) is 4.53. The second-order valence-corrected chi connectivity index (χ2v) is 6.56. The number of quaternary nitrogens is 1. The van der Waals surface area contributed by atoms with Crippen LogP contribution in [0, 0.1) is 0 Å². The van der Waals surface area contributed by atoms with E-state index in [9.17, 15) is 24.0 Å². The summed E-state index contributed by atoms with van der Waals surface area (Å²) in [6.45, 7) is -0.637. The van der Waals surface area contributed by atoms with E-state index < -0.39 is 45.4 Å². The molecule has 0 rings (SSSR count). The maximum absolute atomic E-state index is 10.7. The van der Waals surface area contributed by atoms with E-state index in [0.717, 1.165) is 0 Å². The maximum Gasteiger partial charge on any atom is 1.00 e. The molecule has 0 aliphatic rings. The van der Waals surface area contributed by atoms with Crippen molar-refractivity contribution in [2.75, 3.05) is 6.54 Å². The van der Waals surface area contributed by atoms with Crippen molar-refractivity contribution in [1.82, 2.24) is 0 Å². The van der Waals surface area contributed by atoms with Gasteiger partial charge < -0.3 is 39.5 Å². The summed E-state index contributed by atoms with van der Waals surface area (Å²) in [4.78, 5) is 38.6. The van der Waals surface area contributed by atoms with Crippen LogP contribution in [0.25, 0.3) is 0 Å². The molecular formula is C4H12NNaO7P2. The van der Waals surface area contributed by atoms with Gasteiger partial charge in [-0.2, -0.15) is 0 Å². The van der Waals surface area contributed by atoms with Crippen molar-refractivity contribution in [3.8, 4) is 0 Å². The minimum atomic E-state index is -5.80. The predicted octanol–water partition coefficient (Wildman–Crippen LogP) is -6.25. The van der Waals surface area contributed by atoms with Gasteiger partial charge in [-0.1, -0.05) is 0 Å². The molecule has 0 bridgehead atoms. The van der Waals surface area contributed by atoms with E-state index in [-0.39, 0.29) is 29.6 Å². The minimum absolute atomic E-state index is 0. The summed E-state index contributed by atoms with van der Waals surface area (Å²) in [5.74, 6) is 0. The smallest absolute Gasteiger partial charge is 0.776 e. The van der Waals surface area contributed by atoms with Gasteiger partial charge in [-0.3, -0.25) is 0 Å². The fourth-order valence-electron chi connectivity index (χ4n) is 0.758. The quantitative estimate of drug-likeness (QED) is 0.276. The second-order valence-electron chi connectivity index (χ2n) is 2.64. The Morgan fingerprint density at radius 3 is 2.00 bits per heavy atom. The van der Waals surface area contributed by atoms with Crippen molar-refractivity contribution in [2.45, 2.75) is 17.9 Å². The van der Waals surface area contributed by atoms with Gasteiger partial charge in [-0.15, -0.1) is 0 Å². The van der Waals surface area contributed by atoms with E-state index in [1.54, 1.807) is 0 Å². The van der Waals surface area contributed by atoms with E-state index in [2.05, 4.69) is 0 Å². The molecule has 0 amide bonds. The summed E-state index contributed by atoms with van der Waals surface area (Å²) in [5.41, 5.74) is -1.83. The summed E-state index contributed by atoms with van der Waals surface area (Å²) in [6, 6.07) is 0. The second kappa shape index (κ2) is 6.23. The van der Waals surface area contributed by atoms with Crippen LogP contribution in [0.1, 0.15) is 12.8 Å². The van der Waals surface area contributed by atoms with E-state index in [1.165, 1.54) is 0 Å². The maximum atomic E-state index is 10.7. The molecule has 6 N–H and O–H groups in total. The number of hydrogen-bond acceptors (Lipinski definition) is 5. The predicted molar refractivity (Wildman–Crippen MR) is 41.6 cm³/mol. The number of hydrogen-bond donors (Lipinski definition) is 4. The Balaban J connectivity index is 0. The van der Waals surface area contributed by atoms with Crippen LogP contribution in [0.5, 0.6) is 0 Å². The largest absolute Gasteiger partial charge is 1.00 e. The molecule has 0 fully saturated rings. The van der Waals surface area contributed by atoms with Crippen molar-refractivity contribution in [2.24, 2.45) is 0 Å². The first kappa shape index (κ1) is 12.7. The number of rotatable bonds is 6. The van der Waals surface area contributed by atoms with Crippen LogP contribution in [0.15, 0.2) is 0 Å². The van der Waals surface area contributed by atoms with Gasteiger partial charge in [0.2, 0.25) is 0 Å². The molecular weight excluding hydrogens is 259 g/mol. The molecule has 0 aliphatic heterocycles. The molecule has 0 aromatic heterocycles. The molecule has 0 spiro atoms. The van der Waals surface area contributed by atoms with Gasteiger partial charge >= 0.3 is 33.8 Å². The molecule has 0 aromatic carbocycles. The van der Waals surface area contributed by atoms with Gasteiger partial charge in [-0.25, -0.2) is 0 Å². The van der Waals surface area contributed by atoms with Gasteiger partial charge in [0.1, 0.15) is 0 Å². The van der Waals surface area contributed by atoms with Crippen LogP contribution in [-0.4, -0.2) is 26.5 Å². The van der Waals surface area contributed by atoms with Crippen molar-refractivity contribution in [1.29, 1.82) is 0 Å². The van der Waals surface area contributed by atoms with E-state index in [1.807, 2.05) is 0 Å². The van der Waals surface area contributed by atoms with Crippen LogP contribution >= 0.6 is 15.2 Å². The minimum Gasteiger partial charge on any atom is -0.776 e. The van der Waals surface area contributed by atoms with Gasteiger partial charge in [0.05, 0.1) is 6.54 Å². The standard InChI is InChI=1S/C4H13NO7P2.Na/c5-3-1-2-4(6,13(7,8)9)14(10,11)12;/h6H,1-3,5H2,(H2,7,8,9)(H2,10,11,12);/q;+1/p-1/i/hD3. The van der Waals surface area contributed by atoms with Gasteiger partial charge in [0, 0.05) is 6.42 Å². The third-order valence-corrected chi connectivity index (χ3v) is 5.35. The fraction of sp³-hybridized carbons (Fsp3) is 1.00. The van der Waals surface area contributed by atoms with Crippen LogP contribution in [-0.2, 0) is 9.13 Å². The monoisotopic (exact) mass is 274 g/mol.